The van der Waals surface area contributed by atoms with Crippen LogP contribution in [-0.2, 0) is 19.4 Å². The lowest BCUT2D eigenvalue weighted by Gasteiger charge is -2.08. The van der Waals surface area contributed by atoms with Gasteiger partial charge in [-0.3, -0.25) is 4.79 Å². The summed E-state index contributed by atoms with van der Waals surface area (Å²) in [5, 5.41) is 2.64. The second-order valence-electron chi connectivity index (χ2n) is 5.15. The summed E-state index contributed by atoms with van der Waals surface area (Å²) in [6, 6.07) is 12.6. The molecule has 2 aromatic rings. The van der Waals surface area contributed by atoms with Gasteiger partial charge < -0.3 is 10.1 Å². The van der Waals surface area contributed by atoms with Gasteiger partial charge in [0.05, 0.1) is 10.5 Å². The lowest BCUT2D eigenvalue weighted by Crippen LogP contribution is -2.21. The Bertz CT molecular complexity index is 876. The van der Waals surface area contributed by atoms with Gasteiger partial charge in [0.2, 0.25) is 0 Å². The zero-order valence-corrected chi connectivity index (χ0v) is 15.3. The highest BCUT2D eigenvalue weighted by atomic mass is 32.2. The Morgan fingerprint density at radius 2 is 1.80 bits per heavy atom. The first-order valence-corrected chi connectivity index (χ1v) is 10.3. The van der Waals surface area contributed by atoms with Crippen molar-refractivity contribution in [3.63, 3.8) is 0 Å². The Kier molecular flexibility index (Phi) is 6.22. The summed E-state index contributed by atoms with van der Waals surface area (Å²) in [5.41, 5.74) is 0.787. The second kappa shape index (κ2) is 8.17. The van der Waals surface area contributed by atoms with Gasteiger partial charge in [-0.2, -0.15) is 0 Å². The number of sulfone groups is 1. The highest BCUT2D eigenvalue weighted by Gasteiger charge is 2.12. The summed E-state index contributed by atoms with van der Waals surface area (Å²) in [7, 11) is -3.33. The molecule has 1 N–H and O–H groups in total. The SMILES string of the molecule is CSc1cccc(NC(=O)COC(=O)c2ccc(S(C)(=O)=O)cc2)c1. The fourth-order valence-electron chi connectivity index (χ4n) is 1.95. The van der Waals surface area contributed by atoms with Crippen LogP contribution in [0.2, 0.25) is 0 Å². The number of carbonyl (C=O) groups excluding carboxylic acids is 2. The average Bonchev–Trinajstić information content (AvgIpc) is 2.59. The smallest absolute Gasteiger partial charge is 0.338 e. The fourth-order valence-corrected chi connectivity index (χ4v) is 3.04. The molecule has 0 saturated carbocycles. The average molecular weight is 379 g/mol. The van der Waals surface area contributed by atoms with Crippen molar-refractivity contribution in [2.45, 2.75) is 9.79 Å². The monoisotopic (exact) mass is 379 g/mol. The molecule has 25 heavy (non-hydrogen) atoms. The molecule has 0 aliphatic heterocycles. The molecule has 0 aromatic heterocycles. The van der Waals surface area contributed by atoms with Crippen molar-refractivity contribution < 1.29 is 22.7 Å². The number of anilines is 1. The quantitative estimate of drug-likeness (QED) is 0.613. The predicted octanol–water partition coefficient (Wildman–Crippen LogP) is 2.61. The molecule has 132 valence electrons. The standard InChI is InChI=1S/C17H17NO5S2/c1-24-14-5-3-4-13(10-14)18-16(19)11-23-17(20)12-6-8-15(9-7-12)25(2,21)22/h3-10H,11H2,1-2H3,(H,18,19). The van der Waals surface area contributed by atoms with Crippen molar-refractivity contribution in [1.29, 1.82) is 0 Å². The highest BCUT2D eigenvalue weighted by Crippen LogP contribution is 2.18. The van der Waals surface area contributed by atoms with Crippen LogP contribution in [0.15, 0.2) is 58.3 Å². The largest absolute Gasteiger partial charge is 0.452 e. The third-order valence-corrected chi connectivity index (χ3v) is 5.06. The number of hydrogen-bond donors (Lipinski definition) is 1. The van der Waals surface area contributed by atoms with E-state index >= 15 is 0 Å². The first-order chi connectivity index (χ1) is 11.8. The van der Waals surface area contributed by atoms with Gasteiger partial charge in [0.1, 0.15) is 0 Å². The third kappa shape index (κ3) is 5.61. The van der Waals surface area contributed by atoms with Gasteiger partial charge in [0, 0.05) is 16.8 Å². The number of carbonyl (C=O) groups is 2. The Morgan fingerprint density at radius 3 is 2.40 bits per heavy atom. The topological polar surface area (TPSA) is 89.5 Å². The lowest BCUT2D eigenvalue weighted by molar-refractivity contribution is -0.119. The number of esters is 1. The van der Waals surface area contributed by atoms with E-state index in [4.69, 9.17) is 4.74 Å². The van der Waals surface area contributed by atoms with Gasteiger partial charge in [-0.05, 0) is 48.7 Å². The molecule has 2 rings (SSSR count). The zero-order chi connectivity index (χ0) is 18.4. The van der Waals surface area contributed by atoms with Crippen molar-refractivity contribution in [2.75, 3.05) is 24.4 Å². The molecule has 0 radical (unpaired) electrons. The molecule has 0 atom stereocenters. The van der Waals surface area contributed by atoms with E-state index in [-0.39, 0.29) is 10.5 Å². The highest BCUT2D eigenvalue weighted by molar-refractivity contribution is 7.98. The molecule has 0 fully saturated rings. The number of nitrogens with one attached hydrogen (secondary N) is 1. The van der Waals surface area contributed by atoms with Gasteiger partial charge >= 0.3 is 5.97 Å². The Morgan fingerprint density at radius 1 is 1.12 bits per heavy atom. The minimum atomic E-state index is -3.33. The van der Waals surface area contributed by atoms with Crippen LogP contribution in [-0.4, -0.2) is 39.4 Å². The second-order valence-corrected chi connectivity index (χ2v) is 8.05. The van der Waals surface area contributed by atoms with Crippen LogP contribution in [0.1, 0.15) is 10.4 Å². The van der Waals surface area contributed by atoms with Gasteiger partial charge in [-0.25, -0.2) is 13.2 Å². The molecular weight excluding hydrogens is 362 g/mol. The van der Waals surface area contributed by atoms with E-state index in [2.05, 4.69) is 5.32 Å². The van der Waals surface area contributed by atoms with Crippen LogP contribution in [0.5, 0.6) is 0 Å². The molecule has 0 aliphatic rings. The summed E-state index contributed by atoms with van der Waals surface area (Å²) in [5.74, 6) is -1.16. The zero-order valence-electron chi connectivity index (χ0n) is 13.7. The summed E-state index contributed by atoms with van der Waals surface area (Å²) >= 11 is 1.55. The minimum Gasteiger partial charge on any atom is -0.452 e. The maximum absolute atomic E-state index is 11.9. The van der Waals surface area contributed by atoms with Gasteiger partial charge in [-0.1, -0.05) is 6.07 Å². The fraction of sp³-hybridized carbons (Fsp3) is 0.176. The maximum atomic E-state index is 11.9. The van der Waals surface area contributed by atoms with Gasteiger partial charge in [0.25, 0.3) is 5.91 Å². The molecule has 0 spiro atoms. The van der Waals surface area contributed by atoms with E-state index in [1.54, 1.807) is 17.8 Å². The van der Waals surface area contributed by atoms with E-state index in [9.17, 15) is 18.0 Å². The number of benzene rings is 2. The molecule has 2 aromatic carbocycles. The number of ether oxygens (including phenoxy) is 1. The molecule has 0 unspecified atom stereocenters. The van der Waals surface area contributed by atoms with Crippen LogP contribution in [0, 0.1) is 0 Å². The first kappa shape index (κ1) is 19.0. The van der Waals surface area contributed by atoms with Gasteiger partial charge in [-0.15, -0.1) is 11.8 Å². The predicted molar refractivity (Wildman–Crippen MR) is 96.7 cm³/mol. The molecule has 8 heteroatoms. The third-order valence-electron chi connectivity index (χ3n) is 3.21. The molecule has 0 heterocycles. The Labute approximate surface area is 150 Å². The summed E-state index contributed by atoms with van der Waals surface area (Å²) in [6.45, 7) is -0.434. The van der Waals surface area contributed by atoms with E-state index < -0.39 is 28.3 Å². The van der Waals surface area contributed by atoms with Crippen LogP contribution in [0.4, 0.5) is 5.69 Å². The summed E-state index contributed by atoms with van der Waals surface area (Å²) in [4.78, 5) is 24.9. The number of hydrogen-bond acceptors (Lipinski definition) is 6. The summed E-state index contributed by atoms with van der Waals surface area (Å²) < 4.78 is 27.7. The molecule has 0 saturated heterocycles. The first-order valence-electron chi connectivity index (χ1n) is 7.21. The molecule has 0 bridgehead atoms. The minimum absolute atomic E-state index is 0.107. The lowest BCUT2D eigenvalue weighted by atomic mass is 10.2. The number of rotatable bonds is 6. The van der Waals surface area contributed by atoms with Crippen LogP contribution in [0.3, 0.4) is 0 Å². The summed E-state index contributed by atoms with van der Waals surface area (Å²) in [6.07, 6.45) is 3.01. The maximum Gasteiger partial charge on any atom is 0.338 e. The molecule has 6 nitrogen and oxygen atoms in total. The van der Waals surface area contributed by atoms with E-state index in [0.29, 0.717) is 5.69 Å². The Balaban J connectivity index is 1.91. The van der Waals surface area contributed by atoms with Crippen molar-refractivity contribution in [2.24, 2.45) is 0 Å². The van der Waals surface area contributed by atoms with Crippen LogP contribution < -0.4 is 5.32 Å². The van der Waals surface area contributed by atoms with Crippen molar-refractivity contribution in [3.05, 3.63) is 54.1 Å². The van der Waals surface area contributed by atoms with Crippen molar-refractivity contribution >= 4 is 39.2 Å². The number of amides is 1. The molecule has 1 amide bonds. The normalized spacial score (nSPS) is 11.0. The van der Waals surface area contributed by atoms with E-state index in [1.165, 1.54) is 24.3 Å². The van der Waals surface area contributed by atoms with E-state index in [0.717, 1.165) is 11.2 Å². The van der Waals surface area contributed by atoms with Crippen LogP contribution in [0.25, 0.3) is 0 Å². The van der Waals surface area contributed by atoms with Crippen LogP contribution >= 0.6 is 11.8 Å². The number of thioether (sulfide) groups is 1. The molecular formula is C17H17NO5S2. The van der Waals surface area contributed by atoms with E-state index in [1.807, 2.05) is 24.5 Å². The Hall–Kier alpha value is -2.32. The van der Waals surface area contributed by atoms with Crippen molar-refractivity contribution in [1.82, 2.24) is 0 Å². The molecule has 0 aliphatic carbocycles. The van der Waals surface area contributed by atoms with Crippen molar-refractivity contribution in [3.8, 4) is 0 Å². The van der Waals surface area contributed by atoms with Gasteiger partial charge in [0.15, 0.2) is 16.4 Å².